The van der Waals surface area contributed by atoms with Crippen molar-refractivity contribution in [2.75, 3.05) is 6.54 Å². The zero-order chi connectivity index (χ0) is 5.82. The van der Waals surface area contributed by atoms with Crippen molar-refractivity contribution in [1.29, 1.82) is 0 Å². The second-order valence-corrected chi connectivity index (χ2v) is 2.23. The van der Waals surface area contributed by atoms with Crippen LogP contribution >= 0.6 is 0 Å². The lowest BCUT2D eigenvalue weighted by Crippen LogP contribution is -2.11. The van der Waals surface area contributed by atoms with Gasteiger partial charge in [0.15, 0.2) is 0 Å². The quantitative estimate of drug-likeness (QED) is 0.476. The van der Waals surface area contributed by atoms with E-state index in [1.165, 1.54) is 12.8 Å². The first kappa shape index (κ1) is 5.83. The molecule has 1 atom stereocenters. The van der Waals surface area contributed by atoms with Crippen LogP contribution < -0.4 is 5.32 Å². The first-order valence-corrected chi connectivity index (χ1v) is 3.21. The molecular weight excluding hydrogens is 98.1 g/mol. The van der Waals surface area contributed by atoms with Gasteiger partial charge in [0.25, 0.3) is 0 Å². The van der Waals surface area contributed by atoms with E-state index in [1.807, 2.05) is 6.08 Å². The molecular formula is C7H12N. The molecule has 1 nitrogen and oxygen atoms in total. The predicted octanol–water partition coefficient (Wildman–Crippen LogP) is 1.33. The Balaban J connectivity index is 2.14. The molecule has 1 heteroatoms. The van der Waals surface area contributed by atoms with Gasteiger partial charge < -0.3 is 0 Å². The molecule has 0 bridgehead atoms. The van der Waals surface area contributed by atoms with E-state index >= 15 is 0 Å². The van der Waals surface area contributed by atoms with Gasteiger partial charge in [-0.25, -0.2) is 5.32 Å². The first-order valence-electron chi connectivity index (χ1n) is 3.21. The fourth-order valence-corrected chi connectivity index (χ4v) is 1.08. The van der Waals surface area contributed by atoms with Crippen LogP contribution in [0.5, 0.6) is 0 Å². The Morgan fingerprint density at radius 2 is 2.62 bits per heavy atom. The molecule has 1 heterocycles. The van der Waals surface area contributed by atoms with Crippen molar-refractivity contribution in [1.82, 2.24) is 5.32 Å². The molecule has 1 fully saturated rings. The van der Waals surface area contributed by atoms with Crippen LogP contribution in [-0.4, -0.2) is 12.6 Å². The number of hydrogen-bond donors (Lipinski definition) is 0. The standard InChI is InChI=1S/C7H12N/c1-2-4-7-5-3-6-8-7/h2,7H,1,3-6H2. The summed E-state index contributed by atoms with van der Waals surface area (Å²) in [6.45, 7) is 4.75. The Hall–Kier alpha value is -0.300. The summed E-state index contributed by atoms with van der Waals surface area (Å²) in [6.07, 6.45) is 5.62. The molecule has 1 saturated heterocycles. The highest BCUT2D eigenvalue weighted by Crippen LogP contribution is 2.09. The lowest BCUT2D eigenvalue weighted by atomic mass is 10.2. The molecule has 0 spiro atoms. The topological polar surface area (TPSA) is 14.1 Å². The zero-order valence-corrected chi connectivity index (χ0v) is 5.14. The summed E-state index contributed by atoms with van der Waals surface area (Å²) in [5, 5.41) is 4.35. The van der Waals surface area contributed by atoms with Crippen LogP contribution in [0.4, 0.5) is 0 Å². The monoisotopic (exact) mass is 110 g/mol. The van der Waals surface area contributed by atoms with Gasteiger partial charge in [-0.15, -0.1) is 6.58 Å². The summed E-state index contributed by atoms with van der Waals surface area (Å²) >= 11 is 0. The summed E-state index contributed by atoms with van der Waals surface area (Å²) in [5.41, 5.74) is 0. The normalized spacial score (nSPS) is 28.2. The highest BCUT2D eigenvalue weighted by atomic mass is 14.9. The maximum absolute atomic E-state index is 4.35. The van der Waals surface area contributed by atoms with Gasteiger partial charge in [-0.3, -0.25) is 0 Å². The van der Waals surface area contributed by atoms with Gasteiger partial charge in [0.1, 0.15) is 0 Å². The van der Waals surface area contributed by atoms with Crippen LogP contribution in [0.3, 0.4) is 0 Å². The third-order valence-electron chi connectivity index (χ3n) is 1.52. The lowest BCUT2D eigenvalue weighted by molar-refractivity contribution is 0.604. The third-order valence-corrected chi connectivity index (χ3v) is 1.52. The molecule has 1 aliphatic rings. The van der Waals surface area contributed by atoms with Crippen molar-refractivity contribution in [3.63, 3.8) is 0 Å². The van der Waals surface area contributed by atoms with Crippen molar-refractivity contribution in [3.8, 4) is 0 Å². The highest BCUT2D eigenvalue weighted by Gasteiger charge is 2.12. The molecule has 0 saturated carbocycles. The van der Waals surface area contributed by atoms with Gasteiger partial charge in [-0.1, -0.05) is 6.08 Å². The van der Waals surface area contributed by atoms with E-state index in [2.05, 4.69) is 11.9 Å². The fourth-order valence-electron chi connectivity index (χ4n) is 1.08. The maximum atomic E-state index is 4.35. The second kappa shape index (κ2) is 2.88. The smallest absolute Gasteiger partial charge is 0.0280 e. The Kier molecular flexibility index (Phi) is 2.10. The largest absolute Gasteiger partial charge is 0.238 e. The van der Waals surface area contributed by atoms with Crippen LogP contribution in [0, 0.1) is 0 Å². The molecule has 45 valence electrons. The first-order chi connectivity index (χ1) is 3.93. The van der Waals surface area contributed by atoms with E-state index in [4.69, 9.17) is 0 Å². The maximum Gasteiger partial charge on any atom is 0.0280 e. The predicted molar refractivity (Wildman–Crippen MR) is 34.8 cm³/mol. The van der Waals surface area contributed by atoms with Crippen LogP contribution in [0.25, 0.3) is 0 Å². The SMILES string of the molecule is C=CCC1CCC[N]1. The summed E-state index contributed by atoms with van der Waals surface area (Å²) in [4.78, 5) is 0. The van der Waals surface area contributed by atoms with E-state index in [0.29, 0.717) is 6.04 Å². The van der Waals surface area contributed by atoms with Gasteiger partial charge in [0.05, 0.1) is 0 Å². The van der Waals surface area contributed by atoms with E-state index in [0.717, 1.165) is 13.0 Å². The molecule has 1 rings (SSSR count). The van der Waals surface area contributed by atoms with Crippen LogP contribution in [0.1, 0.15) is 19.3 Å². The molecule has 0 aromatic rings. The van der Waals surface area contributed by atoms with Crippen LogP contribution in [-0.2, 0) is 0 Å². The van der Waals surface area contributed by atoms with E-state index in [1.54, 1.807) is 0 Å². The van der Waals surface area contributed by atoms with Crippen molar-refractivity contribution >= 4 is 0 Å². The van der Waals surface area contributed by atoms with E-state index in [-0.39, 0.29) is 0 Å². The molecule has 1 aliphatic heterocycles. The van der Waals surface area contributed by atoms with Crippen molar-refractivity contribution in [2.45, 2.75) is 25.3 Å². The minimum absolute atomic E-state index is 0.618. The number of nitrogens with zero attached hydrogens (tertiary/aromatic N) is 1. The van der Waals surface area contributed by atoms with Crippen molar-refractivity contribution in [3.05, 3.63) is 12.7 Å². The van der Waals surface area contributed by atoms with E-state index < -0.39 is 0 Å². The molecule has 0 aromatic heterocycles. The fraction of sp³-hybridized carbons (Fsp3) is 0.714. The summed E-state index contributed by atoms with van der Waals surface area (Å²) < 4.78 is 0. The van der Waals surface area contributed by atoms with Gasteiger partial charge in [-0.05, 0) is 19.3 Å². The van der Waals surface area contributed by atoms with Crippen molar-refractivity contribution in [2.24, 2.45) is 0 Å². The Bertz CT molecular complexity index is 72.5. The molecule has 0 N–H and O–H groups in total. The van der Waals surface area contributed by atoms with Crippen LogP contribution in [0.2, 0.25) is 0 Å². The molecule has 1 radical (unpaired) electrons. The zero-order valence-electron chi connectivity index (χ0n) is 5.14. The molecule has 0 amide bonds. The summed E-state index contributed by atoms with van der Waals surface area (Å²) in [5.74, 6) is 0. The minimum Gasteiger partial charge on any atom is -0.238 e. The summed E-state index contributed by atoms with van der Waals surface area (Å²) in [6, 6.07) is 0.618. The molecule has 0 aromatic carbocycles. The van der Waals surface area contributed by atoms with Crippen molar-refractivity contribution < 1.29 is 0 Å². The highest BCUT2D eigenvalue weighted by molar-refractivity contribution is 4.81. The van der Waals surface area contributed by atoms with Gasteiger partial charge in [0, 0.05) is 12.6 Å². The van der Waals surface area contributed by atoms with E-state index in [9.17, 15) is 0 Å². The average molecular weight is 110 g/mol. The third kappa shape index (κ3) is 1.34. The lowest BCUT2D eigenvalue weighted by Gasteiger charge is -2.01. The van der Waals surface area contributed by atoms with Gasteiger partial charge in [0.2, 0.25) is 0 Å². The number of rotatable bonds is 2. The van der Waals surface area contributed by atoms with Gasteiger partial charge in [-0.2, -0.15) is 0 Å². The average Bonchev–Trinajstić information content (AvgIpc) is 2.19. The van der Waals surface area contributed by atoms with Gasteiger partial charge >= 0.3 is 0 Å². The Morgan fingerprint density at radius 3 is 3.12 bits per heavy atom. The second-order valence-electron chi connectivity index (χ2n) is 2.23. The van der Waals surface area contributed by atoms with Crippen LogP contribution in [0.15, 0.2) is 12.7 Å². The Labute approximate surface area is 50.8 Å². The minimum atomic E-state index is 0.618. The molecule has 0 aliphatic carbocycles. The molecule has 8 heavy (non-hydrogen) atoms. The summed E-state index contributed by atoms with van der Waals surface area (Å²) in [7, 11) is 0. The Morgan fingerprint density at radius 1 is 1.75 bits per heavy atom. The molecule has 1 unspecified atom stereocenters. The number of hydrogen-bond acceptors (Lipinski definition) is 0.